The molecule has 1 aromatic rings. The first-order chi connectivity index (χ1) is 9.08. The maximum atomic E-state index is 11.8. The van der Waals surface area contributed by atoms with Crippen LogP contribution in [0.1, 0.15) is 10.4 Å². The summed E-state index contributed by atoms with van der Waals surface area (Å²) in [6, 6.07) is 6.13. The van der Waals surface area contributed by atoms with E-state index in [1.165, 1.54) is 19.2 Å². The molecule has 0 unspecified atom stereocenters. The summed E-state index contributed by atoms with van der Waals surface area (Å²) in [4.78, 5) is 26.2. The van der Waals surface area contributed by atoms with Crippen LogP contribution in [0, 0.1) is 6.57 Å². The van der Waals surface area contributed by atoms with Crippen LogP contribution >= 0.6 is 0 Å². The Bertz CT molecular complexity index is 638. The normalized spacial score (nSPS) is 14.1. The zero-order chi connectivity index (χ0) is 14.0. The lowest BCUT2D eigenvalue weighted by Crippen LogP contribution is -2.20. The van der Waals surface area contributed by atoms with Crippen LogP contribution in [0.3, 0.4) is 0 Å². The fraction of sp³-hybridized carbons (Fsp3) is 0.0769. The Balaban J connectivity index is 2.32. The van der Waals surface area contributed by atoms with Gasteiger partial charge in [-0.25, -0.2) is 4.79 Å². The Morgan fingerprint density at radius 1 is 1.42 bits per heavy atom. The fourth-order valence-corrected chi connectivity index (χ4v) is 1.55. The number of carbonyl (C=O) groups is 2. The van der Waals surface area contributed by atoms with Gasteiger partial charge in [-0.15, -0.1) is 5.01 Å². The number of hydrogen-bond donors (Lipinski definition) is 0. The molecule has 19 heavy (non-hydrogen) atoms. The molecule has 0 saturated carbocycles. The van der Waals surface area contributed by atoms with Crippen LogP contribution in [0.4, 0.5) is 5.69 Å². The van der Waals surface area contributed by atoms with Crippen molar-refractivity contribution in [3.63, 3.8) is 0 Å². The Hall–Kier alpha value is -2.94. The number of ether oxygens (including phenoxy) is 1. The van der Waals surface area contributed by atoms with E-state index < -0.39 is 11.9 Å². The van der Waals surface area contributed by atoms with Gasteiger partial charge in [0.05, 0.1) is 23.9 Å². The molecular weight excluding hydrogens is 246 g/mol. The maximum absolute atomic E-state index is 11.8. The van der Waals surface area contributed by atoms with Gasteiger partial charge in [0.25, 0.3) is 5.91 Å². The van der Waals surface area contributed by atoms with E-state index in [1.807, 2.05) is 0 Å². The molecule has 1 amide bonds. The maximum Gasteiger partial charge on any atom is 0.337 e. The first-order valence-corrected chi connectivity index (χ1v) is 5.26. The number of benzene rings is 1. The molecule has 1 heterocycles. The molecule has 0 fully saturated rings. The minimum Gasteiger partial charge on any atom is -0.465 e. The number of anilines is 1. The molecule has 1 aromatic carbocycles. The number of amidine groups is 1. The molecule has 1 aliphatic heterocycles. The van der Waals surface area contributed by atoms with Crippen molar-refractivity contribution in [2.24, 2.45) is 5.10 Å². The molecule has 6 heteroatoms. The largest absolute Gasteiger partial charge is 0.465 e. The quantitative estimate of drug-likeness (QED) is 0.458. The third kappa shape index (κ3) is 2.09. The molecule has 0 aromatic heterocycles. The highest BCUT2D eigenvalue weighted by molar-refractivity contribution is 6.32. The van der Waals surface area contributed by atoms with Crippen molar-refractivity contribution in [3.8, 4) is 0 Å². The summed E-state index contributed by atoms with van der Waals surface area (Å²) in [6.07, 6.45) is 0. The van der Waals surface area contributed by atoms with Gasteiger partial charge < -0.3 is 9.58 Å². The summed E-state index contributed by atoms with van der Waals surface area (Å²) in [5, 5.41) is 4.94. The Kier molecular flexibility index (Phi) is 3.12. The molecule has 0 saturated heterocycles. The van der Waals surface area contributed by atoms with Crippen LogP contribution in [0.25, 0.3) is 4.85 Å². The second-order valence-corrected chi connectivity index (χ2v) is 3.67. The van der Waals surface area contributed by atoms with Gasteiger partial charge in [-0.2, -0.15) is 0 Å². The molecule has 1 aliphatic rings. The third-order valence-corrected chi connectivity index (χ3v) is 2.55. The van der Waals surface area contributed by atoms with Crippen molar-refractivity contribution in [1.82, 2.24) is 0 Å². The van der Waals surface area contributed by atoms with Crippen LogP contribution in [-0.4, -0.2) is 24.8 Å². The summed E-state index contributed by atoms with van der Waals surface area (Å²) in [5.41, 5.74) is 0.885. The van der Waals surface area contributed by atoms with Crippen molar-refractivity contribution in [2.45, 2.75) is 0 Å². The molecule has 0 aliphatic carbocycles. The number of amides is 1. The molecule has 2 rings (SSSR count). The molecule has 0 bridgehead atoms. The minimum absolute atomic E-state index is 0.0259. The zero-order valence-electron chi connectivity index (χ0n) is 10.1. The highest BCUT2D eigenvalue weighted by atomic mass is 16.5. The molecule has 94 valence electrons. The van der Waals surface area contributed by atoms with E-state index in [4.69, 9.17) is 6.57 Å². The highest BCUT2D eigenvalue weighted by Crippen LogP contribution is 2.23. The summed E-state index contributed by atoms with van der Waals surface area (Å²) >= 11 is 0. The van der Waals surface area contributed by atoms with Gasteiger partial charge in [0, 0.05) is 0 Å². The van der Waals surface area contributed by atoms with Crippen molar-refractivity contribution in [3.05, 3.63) is 53.4 Å². The van der Waals surface area contributed by atoms with E-state index in [9.17, 15) is 9.59 Å². The lowest BCUT2D eigenvalue weighted by Gasteiger charge is -2.07. The van der Waals surface area contributed by atoms with Gasteiger partial charge >= 0.3 is 11.8 Å². The van der Waals surface area contributed by atoms with Gasteiger partial charge in [0.2, 0.25) is 0 Å². The minimum atomic E-state index is -0.464. The number of methoxy groups -OCH3 is 1. The smallest absolute Gasteiger partial charge is 0.337 e. The van der Waals surface area contributed by atoms with Crippen LogP contribution < -0.4 is 5.01 Å². The van der Waals surface area contributed by atoms with Crippen LogP contribution in [-0.2, 0) is 9.53 Å². The molecule has 0 atom stereocenters. The predicted octanol–water partition coefficient (Wildman–Crippen LogP) is 1.61. The third-order valence-electron chi connectivity index (χ3n) is 2.55. The molecular formula is C13H9N3O3. The van der Waals surface area contributed by atoms with Gasteiger partial charge in [0.15, 0.2) is 0 Å². The Labute approximate surface area is 109 Å². The molecule has 0 radical (unpaired) electrons. The SMILES string of the molecule is [C-]#[N+]C1=NN(c2ccc(C(=O)OC)cc2)C(=O)C1=C. The van der Waals surface area contributed by atoms with Crippen molar-refractivity contribution in [1.29, 1.82) is 0 Å². The van der Waals surface area contributed by atoms with E-state index in [0.717, 1.165) is 5.01 Å². The van der Waals surface area contributed by atoms with Crippen molar-refractivity contribution in [2.75, 3.05) is 12.1 Å². The van der Waals surface area contributed by atoms with Gasteiger partial charge in [-0.1, -0.05) is 13.2 Å². The van der Waals surface area contributed by atoms with Crippen LogP contribution in [0.5, 0.6) is 0 Å². The molecule has 6 nitrogen and oxygen atoms in total. The number of carbonyl (C=O) groups excluding carboxylic acids is 2. The van der Waals surface area contributed by atoms with Gasteiger partial charge in [-0.3, -0.25) is 4.79 Å². The number of rotatable bonds is 2. The van der Waals surface area contributed by atoms with E-state index in [1.54, 1.807) is 12.1 Å². The lowest BCUT2D eigenvalue weighted by molar-refractivity contribution is -0.114. The van der Waals surface area contributed by atoms with E-state index >= 15 is 0 Å². The molecule has 0 spiro atoms. The second kappa shape index (κ2) is 4.74. The van der Waals surface area contributed by atoms with Crippen LogP contribution in [0.2, 0.25) is 0 Å². The topological polar surface area (TPSA) is 63.3 Å². The van der Waals surface area contributed by atoms with E-state index in [2.05, 4.69) is 21.3 Å². The average molecular weight is 255 g/mol. The summed E-state index contributed by atoms with van der Waals surface area (Å²) in [6.45, 7) is 10.4. The number of nitrogens with zero attached hydrogens (tertiary/aromatic N) is 3. The number of hydrogen-bond acceptors (Lipinski definition) is 4. The summed E-state index contributed by atoms with van der Waals surface area (Å²) < 4.78 is 4.57. The second-order valence-electron chi connectivity index (χ2n) is 3.67. The standard InChI is InChI=1S/C13H9N3O3/c1-8-11(14-2)15-16(12(8)17)10-6-4-9(5-7-10)13(18)19-3/h4-7H,1H2,3H3. The molecule has 0 N–H and O–H groups in total. The predicted molar refractivity (Wildman–Crippen MR) is 68.4 cm³/mol. The zero-order valence-corrected chi connectivity index (χ0v) is 10.1. The van der Waals surface area contributed by atoms with Gasteiger partial charge in [-0.05, 0) is 29.4 Å². The Morgan fingerprint density at radius 3 is 2.53 bits per heavy atom. The summed E-state index contributed by atoms with van der Waals surface area (Å²) in [7, 11) is 1.29. The first kappa shape index (κ1) is 12.5. The van der Waals surface area contributed by atoms with Crippen LogP contribution in [0.15, 0.2) is 41.5 Å². The Morgan fingerprint density at radius 2 is 2.05 bits per heavy atom. The summed E-state index contributed by atoms with van der Waals surface area (Å²) in [5.74, 6) is -0.937. The van der Waals surface area contributed by atoms with Crippen molar-refractivity contribution < 1.29 is 14.3 Å². The number of hydrazone groups is 1. The first-order valence-electron chi connectivity index (χ1n) is 5.26. The van der Waals surface area contributed by atoms with Crippen molar-refractivity contribution >= 4 is 23.4 Å². The average Bonchev–Trinajstić information content (AvgIpc) is 2.74. The van der Waals surface area contributed by atoms with E-state index in [0.29, 0.717) is 11.3 Å². The number of esters is 1. The van der Waals surface area contributed by atoms with Gasteiger partial charge in [0.1, 0.15) is 0 Å². The highest BCUT2D eigenvalue weighted by Gasteiger charge is 2.32. The van der Waals surface area contributed by atoms with E-state index in [-0.39, 0.29) is 11.4 Å². The fourth-order valence-electron chi connectivity index (χ4n) is 1.55. The lowest BCUT2D eigenvalue weighted by atomic mass is 10.2. The monoisotopic (exact) mass is 255 g/mol.